The molecule has 2 atom stereocenters. The number of fused-ring (bicyclic) bond motifs is 1. The Morgan fingerprint density at radius 3 is 3.10 bits per heavy atom. The number of rotatable bonds is 2. The van der Waals surface area contributed by atoms with Gasteiger partial charge < -0.3 is 5.73 Å². The lowest BCUT2D eigenvalue weighted by Crippen LogP contribution is -2.45. The molecular formula is C16H20FN3. The van der Waals surface area contributed by atoms with Crippen molar-refractivity contribution in [1.29, 1.82) is 0 Å². The molecule has 0 saturated carbocycles. The maximum Gasteiger partial charge on any atom is 0.124 e. The van der Waals surface area contributed by atoms with Gasteiger partial charge in [0.15, 0.2) is 0 Å². The van der Waals surface area contributed by atoms with Gasteiger partial charge >= 0.3 is 0 Å². The molecule has 2 heterocycles. The van der Waals surface area contributed by atoms with Crippen molar-refractivity contribution in [3.05, 3.63) is 41.8 Å². The zero-order valence-corrected chi connectivity index (χ0v) is 11.7. The highest BCUT2D eigenvalue weighted by atomic mass is 19.1. The first-order chi connectivity index (χ1) is 9.63. The van der Waals surface area contributed by atoms with Crippen molar-refractivity contribution in [1.82, 2.24) is 9.88 Å². The van der Waals surface area contributed by atoms with Gasteiger partial charge in [0.05, 0.1) is 5.52 Å². The number of hydrogen-bond acceptors (Lipinski definition) is 3. The Morgan fingerprint density at radius 1 is 1.45 bits per heavy atom. The number of aromatic nitrogens is 1. The van der Waals surface area contributed by atoms with Crippen LogP contribution < -0.4 is 5.73 Å². The lowest BCUT2D eigenvalue weighted by molar-refractivity contribution is 0.140. The molecule has 1 fully saturated rings. The molecule has 0 amide bonds. The van der Waals surface area contributed by atoms with Crippen LogP contribution in [0.5, 0.6) is 0 Å². The number of likely N-dealkylation sites (tertiary alicyclic amines) is 1. The number of halogens is 1. The monoisotopic (exact) mass is 273 g/mol. The molecule has 106 valence electrons. The number of piperidine rings is 1. The van der Waals surface area contributed by atoms with E-state index in [2.05, 4.69) is 16.8 Å². The fourth-order valence-corrected chi connectivity index (χ4v) is 3.06. The molecule has 0 bridgehead atoms. The van der Waals surface area contributed by atoms with Crippen LogP contribution in [0.2, 0.25) is 0 Å². The smallest absolute Gasteiger partial charge is 0.124 e. The Hall–Kier alpha value is -1.52. The maximum absolute atomic E-state index is 13.7. The summed E-state index contributed by atoms with van der Waals surface area (Å²) in [6, 6.07) is 7.63. The van der Waals surface area contributed by atoms with Gasteiger partial charge in [0.1, 0.15) is 5.82 Å². The Bertz CT molecular complexity index is 614. The fourth-order valence-electron chi connectivity index (χ4n) is 3.06. The molecule has 0 radical (unpaired) electrons. The van der Waals surface area contributed by atoms with Crippen LogP contribution >= 0.6 is 0 Å². The minimum atomic E-state index is -0.193. The van der Waals surface area contributed by atoms with E-state index < -0.39 is 0 Å². The number of pyridine rings is 1. The van der Waals surface area contributed by atoms with Crippen molar-refractivity contribution in [3.8, 4) is 0 Å². The van der Waals surface area contributed by atoms with E-state index in [0.29, 0.717) is 12.1 Å². The zero-order chi connectivity index (χ0) is 14.1. The molecule has 1 saturated heterocycles. The minimum absolute atomic E-state index is 0.193. The van der Waals surface area contributed by atoms with E-state index in [9.17, 15) is 4.39 Å². The predicted octanol–water partition coefficient (Wildman–Crippen LogP) is 2.69. The van der Waals surface area contributed by atoms with E-state index in [1.54, 1.807) is 18.3 Å². The fraction of sp³-hybridized carbons (Fsp3) is 0.438. The Morgan fingerprint density at radius 2 is 2.30 bits per heavy atom. The van der Waals surface area contributed by atoms with E-state index >= 15 is 0 Å². The predicted molar refractivity (Wildman–Crippen MR) is 78.8 cm³/mol. The molecule has 1 aliphatic rings. The number of nitrogens with zero attached hydrogens (tertiary/aromatic N) is 2. The van der Waals surface area contributed by atoms with Gasteiger partial charge in [-0.15, -0.1) is 0 Å². The van der Waals surface area contributed by atoms with Crippen molar-refractivity contribution in [2.45, 2.75) is 38.4 Å². The summed E-state index contributed by atoms with van der Waals surface area (Å²) in [6.45, 7) is 3.89. The van der Waals surface area contributed by atoms with Gasteiger partial charge in [-0.2, -0.15) is 0 Å². The molecule has 1 aromatic heterocycles. The Kier molecular flexibility index (Phi) is 3.68. The molecule has 1 aromatic carbocycles. The highest BCUT2D eigenvalue weighted by Gasteiger charge is 2.23. The third-order valence-corrected chi connectivity index (χ3v) is 4.18. The van der Waals surface area contributed by atoms with Crippen LogP contribution in [0.1, 0.15) is 25.3 Å². The first-order valence-electron chi connectivity index (χ1n) is 7.16. The summed E-state index contributed by atoms with van der Waals surface area (Å²) in [5, 5.41) is 0.865. The molecule has 3 nitrogen and oxygen atoms in total. The van der Waals surface area contributed by atoms with Gasteiger partial charge in [-0.3, -0.25) is 9.88 Å². The first kappa shape index (κ1) is 13.5. The lowest BCUT2D eigenvalue weighted by Gasteiger charge is -2.36. The molecule has 2 N–H and O–H groups in total. The quantitative estimate of drug-likeness (QED) is 0.914. The Balaban J connectivity index is 1.90. The number of benzene rings is 1. The first-order valence-corrected chi connectivity index (χ1v) is 7.16. The van der Waals surface area contributed by atoms with Gasteiger partial charge in [-0.1, -0.05) is 6.07 Å². The highest BCUT2D eigenvalue weighted by molar-refractivity contribution is 5.81. The molecule has 0 aliphatic carbocycles. The second-order valence-corrected chi connectivity index (χ2v) is 5.74. The van der Waals surface area contributed by atoms with Gasteiger partial charge in [-0.25, -0.2) is 4.39 Å². The normalized spacial score (nSPS) is 24.1. The third kappa shape index (κ3) is 2.67. The molecular weight excluding hydrogens is 253 g/mol. The second kappa shape index (κ2) is 5.46. The standard InChI is InChI=1S/C16H20FN3/c1-11-7-15(18)4-6-20(11)10-13-9-14(17)8-12-3-2-5-19-16(12)13/h2-3,5,8-9,11,15H,4,6-7,10,18H2,1H3. The van der Waals surface area contributed by atoms with Crippen molar-refractivity contribution in [2.75, 3.05) is 6.54 Å². The van der Waals surface area contributed by atoms with Gasteiger partial charge in [0.2, 0.25) is 0 Å². The average molecular weight is 273 g/mol. The van der Waals surface area contributed by atoms with Crippen molar-refractivity contribution < 1.29 is 4.39 Å². The zero-order valence-electron chi connectivity index (χ0n) is 11.7. The van der Waals surface area contributed by atoms with Crippen molar-refractivity contribution in [2.24, 2.45) is 5.73 Å². The number of hydrogen-bond donors (Lipinski definition) is 1. The van der Waals surface area contributed by atoms with E-state index in [1.165, 1.54) is 0 Å². The molecule has 20 heavy (non-hydrogen) atoms. The number of nitrogens with two attached hydrogens (primary N) is 1. The summed E-state index contributed by atoms with van der Waals surface area (Å²) in [4.78, 5) is 6.78. The summed E-state index contributed by atoms with van der Waals surface area (Å²) in [6.07, 6.45) is 3.77. The van der Waals surface area contributed by atoms with Crippen molar-refractivity contribution >= 4 is 10.9 Å². The molecule has 3 rings (SSSR count). The molecule has 1 aliphatic heterocycles. The molecule has 0 spiro atoms. The largest absolute Gasteiger partial charge is 0.328 e. The average Bonchev–Trinajstić information content (AvgIpc) is 2.41. The van der Waals surface area contributed by atoms with Gasteiger partial charge in [0.25, 0.3) is 0 Å². The lowest BCUT2D eigenvalue weighted by atomic mass is 9.98. The molecule has 2 unspecified atom stereocenters. The molecule has 4 heteroatoms. The SMILES string of the molecule is CC1CC(N)CCN1Cc1cc(F)cc2cccnc12. The Labute approximate surface area is 118 Å². The van der Waals surface area contributed by atoms with Gasteiger partial charge in [-0.05, 0) is 43.5 Å². The van der Waals surface area contributed by atoms with Crippen LogP contribution in [0, 0.1) is 5.82 Å². The van der Waals surface area contributed by atoms with Crippen LogP contribution in [0.4, 0.5) is 4.39 Å². The third-order valence-electron chi connectivity index (χ3n) is 4.18. The van der Waals surface area contributed by atoms with Gasteiger partial charge in [0, 0.05) is 36.8 Å². The van der Waals surface area contributed by atoms with Crippen LogP contribution in [-0.2, 0) is 6.54 Å². The minimum Gasteiger partial charge on any atom is -0.328 e. The summed E-state index contributed by atoms with van der Waals surface area (Å²) < 4.78 is 13.7. The highest BCUT2D eigenvalue weighted by Crippen LogP contribution is 2.23. The van der Waals surface area contributed by atoms with E-state index in [0.717, 1.165) is 42.4 Å². The summed E-state index contributed by atoms with van der Waals surface area (Å²) in [5.41, 5.74) is 7.86. The summed E-state index contributed by atoms with van der Waals surface area (Å²) in [5.74, 6) is -0.193. The van der Waals surface area contributed by atoms with E-state index in [4.69, 9.17) is 5.73 Å². The molecule has 2 aromatic rings. The topological polar surface area (TPSA) is 42.1 Å². The van der Waals surface area contributed by atoms with E-state index in [1.807, 2.05) is 12.1 Å². The van der Waals surface area contributed by atoms with Crippen molar-refractivity contribution in [3.63, 3.8) is 0 Å². The van der Waals surface area contributed by atoms with Crippen LogP contribution in [-0.4, -0.2) is 28.5 Å². The summed E-state index contributed by atoms with van der Waals surface area (Å²) >= 11 is 0. The van der Waals surface area contributed by atoms with Crippen LogP contribution in [0.15, 0.2) is 30.5 Å². The summed E-state index contributed by atoms with van der Waals surface area (Å²) in [7, 11) is 0. The van der Waals surface area contributed by atoms with Crippen LogP contribution in [0.25, 0.3) is 10.9 Å². The van der Waals surface area contributed by atoms with E-state index in [-0.39, 0.29) is 5.82 Å². The van der Waals surface area contributed by atoms with Crippen LogP contribution in [0.3, 0.4) is 0 Å². The second-order valence-electron chi connectivity index (χ2n) is 5.74. The maximum atomic E-state index is 13.7.